The van der Waals surface area contributed by atoms with Crippen LogP contribution in [0.1, 0.15) is 15.9 Å². The fraction of sp³-hybridized carbons (Fsp3) is 0.0556. The van der Waals surface area contributed by atoms with E-state index in [2.05, 4.69) is 26.2 Å². The van der Waals surface area contributed by atoms with Crippen molar-refractivity contribution in [2.75, 3.05) is 5.32 Å². The van der Waals surface area contributed by atoms with Crippen LogP contribution < -0.4 is 5.32 Å². The lowest BCUT2D eigenvalue weighted by Gasteiger charge is -2.28. The molecule has 0 saturated carbocycles. The summed E-state index contributed by atoms with van der Waals surface area (Å²) in [6, 6.07) is 10.0. The molecule has 0 bridgehead atoms. The van der Waals surface area contributed by atoms with E-state index in [-0.39, 0.29) is 11.1 Å². The van der Waals surface area contributed by atoms with Crippen molar-refractivity contribution in [3.05, 3.63) is 69.8 Å². The number of halogens is 2. The number of hydrogen-bond donors (Lipinski definition) is 1. The second-order valence-electron chi connectivity index (χ2n) is 5.54. The van der Waals surface area contributed by atoms with E-state index in [0.29, 0.717) is 10.6 Å². The van der Waals surface area contributed by atoms with Crippen molar-refractivity contribution in [3.63, 3.8) is 0 Å². The molecule has 1 atom stereocenters. The molecule has 0 saturated heterocycles. The van der Waals surface area contributed by atoms with E-state index in [1.54, 1.807) is 5.38 Å². The fourth-order valence-corrected chi connectivity index (χ4v) is 4.05. The molecule has 124 valence electrons. The van der Waals surface area contributed by atoms with Gasteiger partial charge in [0.05, 0.1) is 5.56 Å². The first-order chi connectivity index (χ1) is 12.0. The molecule has 1 N–H and O–H groups in total. The molecule has 0 aliphatic carbocycles. The van der Waals surface area contributed by atoms with Gasteiger partial charge in [0, 0.05) is 33.4 Å². The van der Waals surface area contributed by atoms with Gasteiger partial charge in [0.2, 0.25) is 5.78 Å². The minimum absolute atomic E-state index is 0.0244. The molecule has 25 heavy (non-hydrogen) atoms. The topological polar surface area (TPSA) is 59.1 Å². The summed E-state index contributed by atoms with van der Waals surface area (Å²) in [5.74, 6) is -1.82. The average Bonchev–Trinajstić information content (AvgIpc) is 3.05. The van der Waals surface area contributed by atoms with E-state index < -0.39 is 17.4 Å². The normalized spacial score (nSPS) is 19.4. The van der Waals surface area contributed by atoms with Gasteiger partial charge in [0.1, 0.15) is 5.00 Å². The third kappa shape index (κ3) is 2.42. The SMILES string of the molecule is O=C1Nc2scc(-c3ccc(Br)cc3)c2C(=O)C1(F)c1ccncc1. The van der Waals surface area contributed by atoms with E-state index >= 15 is 4.39 Å². The summed E-state index contributed by atoms with van der Waals surface area (Å²) in [4.78, 5) is 29.2. The smallest absolute Gasteiger partial charge is 0.276 e. The Bertz CT molecular complexity index is 988. The van der Waals surface area contributed by atoms with Crippen molar-refractivity contribution in [2.24, 2.45) is 0 Å². The van der Waals surface area contributed by atoms with Gasteiger partial charge in [-0.3, -0.25) is 14.6 Å². The first-order valence-electron chi connectivity index (χ1n) is 7.35. The highest BCUT2D eigenvalue weighted by atomic mass is 79.9. The largest absolute Gasteiger partial charge is 0.314 e. The van der Waals surface area contributed by atoms with Gasteiger partial charge in [0.15, 0.2) is 0 Å². The van der Waals surface area contributed by atoms with Crippen LogP contribution in [0.2, 0.25) is 0 Å². The van der Waals surface area contributed by atoms with Crippen molar-refractivity contribution in [1.29, 1.82) is 0 Å². The Hall–Kier alpha value is -2.38. The lowest BCUT2D eigenvalue weighted by Crippen LogP contribution is -2.47. The highest BCUT2D eigenvalue weighted by molar-refractivity contribution is 9.10. The minimum atomic E-state index is -2.76. The zero-order chi connectivity index (χ0) is 17.6. The fourth-order valence-electron chi connectivity index (χ4n) is 2.83. The number of carbonyl (C=O) groups excluding carboxylic acids is 2. The Balaban J connectivity index is 1.88. The molecule has 1 aromatic carbocycles. The summed E-state index contributed by atoms with van der Waals surface area (Å²) in [6.45, 7) is 0. The second kappa shape index (κ2) is 5.86. The molecule has 7 heteroatoms. The lowest BCUT2D eigenvalue weighted by atomic mass is 9.83. The van der Waals surface area contributed by atoms with Crippen molar-refractivity contribution >= 4 is 44.0 Å². The van der Waals surface area contributed by atoms with Crippen molar-refractivity contribution < 1.29 is 14.0 Å². The molecule has 0 spiro atoms. The molecular weight excluding hydrogens is 407 g/mol. The van der Waals surface area contributed by atoms with Gasteiger partial charge < -0.3 is 5.32 Å². The molecule has 1 aliphatic heterocycles. The Morgan fingerprint density at radius 2 is 1.76 bits per heavy atom. The van der Waals surface area contributed by atoms with E-state index in [1.807, 2.05) is 24.3 Å². The number of carbonyl (C=O) groups is 2. The Kier molecular flexibility index (Phi) is 3.77. The van der Waals surface area contributed by atoms with E-state index in [9.17, 15) is 9.59 Å². The Morgan fingerprint density at radius 1 is 1.08 bits per heavy atom. The summed E-state index contributed by atoms with van der Waals surface area (Å²) < 4.78 is 16.5. The zero-order valence-electron chi connectivity index (χ0n) is 12.6. The minimum Gasteiger partial charge on any atom is -0.314 e. The number of nitrogens with one attached hydrogen (secondary N) is 1. The molecule has 1 unspecified atom stereocenters. The third-order valence-electron chi connectivity index (χ3n) is 4.10. The predicted octanol–water partition coefficient (Wildman–Crippen LogP) is 4.57. The van der Waals surface area contributed by atoms with Gasteiger partial charge in [-0.1, -0.05) is 28.1 Å². The third-order valence-corrected chi connectivity index (χ3v) is 5.53. The number of anilines is 1. The van der Waals surface area contributed by atoms with Crippen molar-refractivity contribution in [3.8, 4) is 11.1 Å². The second-order valence-corrected chi connectivity index (χ2v) is 7.33. The maximum atomic E-state index is 15.6. The van der Waals surface area contributed by atoms with Gasteiger partial charge in [0.25, 0.3) is 11.6 Å². The van der Waals surface area contributed by atoms with Gasteiger partial charge in [-0.05, 0) is 29.8 Å². The first-order valence-corrected chi connectivity index (χ1v) is 9.02. The molecule has 4 rings (SSSR count). The van der Waals surface area contributed by atoms with Crippen LogP contribution in [0.25, 0.3) is 11.1 Å². The number of pyridine rings is 1. The van der Waals surface area contributed by atoms with Crippen LogP contribution in [0, 0.1) is 0 Å². The summed E-state index contributed by atoms with van der Waals surface area (Å²) in [5, 5.41) is 4.66. The van der Waals surface area contributed by atoms with E-state index in [4.69, 9.17) is 0 Å². The monoisotopic (exact) mass is 416 g/mol. The number of aromatic nitrogens is 1. The molecule has 2 aromatic heterocycles. The number of alkyl halides is 1. The molecule has 3 heterocycles. The zero-order valence-corrected chi connectivity index (χ0v) is 15.0. The molecule has 1 amide bonds. The number of thiophene rings is 1. The molecule has 3 aromatic rings. The highest BCUT2D eigenvalue weighted by Gasteiger charge is 2.53. The number of Topliss-reactive ketones (excluding diaryl/α,β-unsaturated/α-hetero) is 1. The Morgan fingerprint density at radius 3 is 2.44 bits per heavy atom. The highest BCUT2D eigenvalue weighted by Crippen LogP contribution is 2.45. The average molecular weight is 417 g/mol. The summed E-state index contributed by atoms with van der Waals surface area (Å²) in [6.07, 6.45) is 2.71. The van der Waals surface area contributed by atoms with Crippen LogP contribution in [0.15, 0.2) is 58.6 Å². The Labute approximate surface area is 154 Å². The number of fused-ring (bicyclic) bond motifs is 1. The molecule has 1 aliphatic rings. The number of hydrogen-bond acceptors (Lipinski definition) is 4. The van der Waals surface area contributed by atoms with Crippen molar-refractivity contribution in [2.45, 2.75) is 5.67 Å². The number of nitrogens with zero attached hydrogens (tertiary/aromatic N) is 1. The number of rotatable bonds is 2. The van der Waals surface area contributed by atoms with Gasteiger partial charge in [-0.25, -0.2) is 4.39 Å². The summed E-state index contributed by atoms with van der Waals surface area (Å²) >= 11 is 4.58. The summed E-state index contributed by atoms with van der Waals surface area (Å²) in [7, 11) is 0. The van der Waals surface area contributed by atoms with Crippen LogP contribution in [0.5, 0.6) is 0 Å². The maximum absolute atomic E-state index is 15.6. The lowest BCUT2D eigenvalue weighted by molar-refractivity contribution is -0.125. The van der Waals surface area contributed by atoms with Gasteiger partial charge in [-0.15, -0.1) is 11.3 Å². The molecular formula is C18H10BrFN2O2S. The summed E-state index contributed by atoms with van der Waals surface area (Å²) in [5.41, 5.74) is -1.20. The molecule has 4 nitrogen and oxygen atoms in total. The maximum Gasteiger partial charge on any atom is 0.276 e. The van der Waals surface area contributed by atoms with Crippen molar-refractivity contribution in [1.82, 2.24) is 4.98 Å². The number of amides is 1. The number of benzene rings is 1. The first kappa shape index (κ1) is 16.1. The van der Waals surface area contributed by atoms with Gasteiger partial charge in [-0.2, -0.15) is 0 Å². The molecule has 0 radical (unpaired) electrons. The standard InChI is InChI=1S/C18H10BrFN2O2S/c19-12-3-1-10(2-4-12)13-9-25-16-14(13)15(23)18(20,17(24)22-16)11-5-7-21-8-6-11/h1-9H,(H,22,24). The predicted molar refractivity (Wildman–Crippen MR) is 97.4 cm³/mol. The van der Waals surface area contributed by atoms with E-state index in [0.717, 1.165) is 10.0 Å². The van der Waals surface area contributed by atoms with Crippen LogP contribution >= 0.6 is 27.3 Å². The van der Waals surface area contributed by atoms with Crippen LogP contribution in [0.4, 0.5) is 9.39 Å². The van der Waals surface area contributed by atoms with Crippen LogP contribution in [-0.4, -0.2) is 16.7 Å². The number of ketones is 1. The molecule has 0 fully saturated rings. The van der Waals surface area contributed by atoms with Crippen LogP contribution in [0.3, 0.4) is 0 Å². The van der Waals surface area contributed by atoms with Crippen LogP contribution in [-0.2, 0) is 10.5 Å². The van der Waals surface area contributed by atoms with Gasteiger partial charge >= 0.3 is 0 Å². The van der Waals surface area contributed by atoms with E-state index in [1.165, 1.54) is 35.9 Å². The quantitative estimate of drug-likeness (QED) is 0.622.